The number of nitrogens with zero attached hydrogens (tertiary/aromatic N) is 1. The molecule has 0 saturated heterocycles. The van der Waals surface area contributed by atoms with E-state index in [0.29, 0.717) is 18.0 Å². The van der Waals surface area contributed by atoms with Gasteiger partial charge in [0.05, 0.1) is 15.2 Å². The molecule has 8 heteroatoms. The first-order valence-corrected chi connectivity index (χ1v) is 8.32. The molecule has 1 aromatic heterocycles. The average Bonchev–Trinajstić information content (AvgIpc) is 2.74. The van der Waals surface area contributed by atoms with Crippen LogP contribution in [0.25, 0.3) is 0 Å². The number of rotatable bonds is 7. The minimum absolute atomic E-state index is 0.0406. The third-order valence-corrected chi connectivity index (χ3v) is 5.68. The summed E-state index contributed by atoms with van der Waals surface area (Å²) in [7, 11) is 3.23. The van der Waals surface area contributed by atoms with Crippen molar-refractivity contribution in [1.29, 1.82) is 0 Å². The summed E-state index contributed by atoms with van der Waals surface area (Å²) >= 11 is 8.01. The van der Waals surface area contributed by atoms with Gasteiger partial charge in [-0.15, -0.1) is 11.3 Å². The van der Waals surface area contributed by atoms with Crippen molar-refractivity contribution in [2.24, 2.45) is 0 Å². The Labute approximate surface area is 138 Å². The number of methoxy groups -OCH3 is 1. The lowest BCUT2D eigenvalue weighted by atomic mass is 10.4. The predicted molar refractivity (Wildman–Crippen MR) is 86.2 cm³/mol. The maximum absolute atomic E-state index is 12.1. The van der Waals surface area contributed by atoms with Crippen LogP contribution in [0, 0.1) is 0 Å². The van der Waals surface area contributed by atoms with Crippen molar-refractivity contribution >= 4 is 55.0 Å². The molecule has 0 bridgehead atoms. The standard InChI is InChI=1S/C12H16Br2N2O3S/c1-16(7-10(17)15-4-3-5-19-2)12(18)9-6-8(13)11(14)20-9/h6H,3-5,7H2,1-2H3,(H,15,17). The van der Waals surface area contributed by atoms with E-state index in [1.807, 2.05) is 0 Å². The van der Waals surface area contributed by atoms with Crippen LogP contribution in [0.4, 0.5) is 0 Å². The van der Waals surface area contributed by atoms with Gasteiger partial charge in [0.1, 0.15) is 0 Å². The van der Waals surface area contributed by atoms with Gasteiger partial charge in [-0.3, -0.25) is 9.59 Å². The number of ether oxygens (including phenoxy) is 1. The highest BCUT2D eigenvalue weighted by atomic mass is 79.9. The zero-order valence-corrected chi connectivity index (χ0v) is 15.2. The van der Waals surface area contributed by atoms with Gasteiger partial charge < -0.3 is 15.0 Å². The zero-order valence-electron chi connectivity index (χ0n) is 11.2. The molecule has 0 fully saturated rings. The normalized spacial score (nSPS) is 10.4. The highest BCUT2D eigenvalue weighted by Crippen LogP contribution is 2.32. The Balaban J connectivity index is 2.43. The van der Waals surface area contributed by atoms with E-state index in [0.717, 1.165) is 14.7 Å². The van der Waals surface area contributed by atoms with Gasteiger partial charge in [0, 0.05) is 31.8 Å². The molecule has 5 nitrogen and oxygen atoms in total. The van der Waals surface area contributed by atoms with Crippen LogP contribution in [-0.4, -0.2) is 50.6 Å². The lowest BCUT2D eigenvalue weighted by molar-refractivity contribution is -0.121. The van der Waals surface area contributed by atoms with Crippen molar-refractivity contribution in [3.8, 4) is 0 Å². The highest BCUT2D eigenvalue weighted by Gasteiger charge is 2.18. The second-order valence-electron chi connectivity index (χ2n) is 4.09. The van der Waals surface area contributed by atoms with Crippen LogP contribution in [0.15, 0.2) is 14.3 Å². The van der Waals surface area contributed by atoms with Crippen molar-refractivity contribution in [2.75, 3.05) is 33.9 Å². The van der Waals surface area contributed by atoms with Crippen LogP contribution >= 0.6 is 43.2 Å². The van der Waals surface area contributed by atoms with Crippen LogP contribution in [-0.2, 0) is 9.53 Å². The summed E-state index contributed by atoms with van der Waals surface area (Å²) in [5, 5.41) is 2.74. The number of nitrogens with one attached hydrogen (secondary N) is 1. The third-order valence-electron chi connectivity index (χ3n) is 2.43. The molecule has 112 valence electrons. The van der Waals surface area contributed by atoms with E-state index in [-0.39, 0.29) is 18.4 Å². The summed E-state index contributed by atoms with van der Waals surface area (Å²) in [5.41, 5.74) is 0. The monoisotopic (exact) mass is 426 g/mol. The molecule has 0 spiro atoms. The maximum Gasteiger partial charge on any atom is 0.264 e. The predicted octanol–water partition coefficient (Wildman–Crippen LogP) is 2.50. The fourth-order valence-electron chi connectivity index (χ4n) is 1.43. The van der Waals surface area contributed by atoms with Gasteiger partial charge in [-0.2, -0.15) is 0 Å². The first-order valence-electron chi connectivity index (χ1n) is 5.91. The Kier molecular flexibility index (Phi) is 7.71. The second kappa shape index (κ2) is 8.76. The number of carbonyl (C=O) groups excluding carboxylic acids is 2. The largest absolute Gasteiger partial charge is 0.385 e. The van der Waals surface area contributed by atoms with Crippen molar-refractivity contribution in [3.05, 3.63) is 19.2 Å². The summed E-state index contributed by atoms with van der Waals surface area (Å²) in [6, 6.07) is 1.74. The first-order chi connectivity index (χ1) is 9.45. The Morgan fingerprint density at radius 3 is 2.70 bits per heavy atom. The number of thiophene rings is 1. The third kappa shape index (κ3) is 5.51. The van der Waals surface area contributed by atoms with E-state index < -0.39 is 0 Å². The van der Waals surface area contributed by atoms with E-state index in [9.17, 15) is 9.59 Å². The quantitative estimate of drug-likeness (QED) is 0.680. The molecule has 0 aliphatic carbocycles. The number of hydrogen-bond acceptors (Lipinski definition) is 4. The zero-order chi connectivity index (χ0) is 15.1. The maximum atomic E-state index is 12.1. The molecule has 0 aromatic carbocycles. The SMILES string of the molecule is COCCCNC(=O)CN(C)C(=O)c1cc(Br)c(Br)s1. The summed E-state index contributed by atoms with van der Waals surface area (Å²) < 4.78 is 6.59. The van der Waals surface area contributed by atoms with Crippen LogP contribution in [0.1, 0.15) is 16.1 Å². The van der Waals surface area contributed by atoms with Gasteiger partial charge in [0.25, 0.3) is 5.91 Å². The number of hydrogen-bond donors (Lipinski definition) is 1. The molecule has 1 aromatic rings. The summed E-state index contributed by atoms with van der Waals surface area (Å²) in [6.07, 6.45) is 0.755. The molecule has 0 radical (unpaired) electrons. The minimum atomic E-state index is -0.174. The Morgan fingerprint density at radius 2 is 2.15 bits per heavy atom. The van der Waals surface area contributed by atoms with Crippen molar-refractivity contribution < 1.29 is 14.3 Å². The highest BCUT2D eigenvalue weighted by molar-refractivity contribution is 9.13. The van der Waals surface area contributed by atoms with Crippen molar-refractivity contribution in [3.63, 3.8) is 0 Å². The Bertz CT molecular complexity index is 460. The Hall–Kier alpha value is -0.440. The molecular formula is C12H16Br2N2O3S. The van der Waals surface area contributed by atoms with Crippen molar-refractivity contribution in [2.45, 2.75) is 6.42 Å². The van der Waals surface area contributed by atoms with Gasteiger partial charge in [-0.25, -0.2) is 0 Å². The minimum Gasteiger partial charge on any atom is -0.385 e. The van der Waals surface area contributed by atoms with Gasteiger partial charge in [-0.1, -0.05) is 0 Å². The number of carbonyl (C=O) groups is 2. The molecular weight excluding hydrogens is 412 g/mol. The van der Waals surface area contributed by atoms with E-state index in [1.165, 1.54) is 16.2 Å². The molecule has 0 atom stereocenters. The lowest BCUT2D eigenvalue weighted by Gasteiger charge is -2.15. The Morgan fingerprint density at radius 1 is 1.45 bits per heavy atom. The molecule has 0 aliphatic rings. The number of amides is 2. The molecule has 1 N–H and O–H groups in total. The van der Waals surface area contributed by atoms with E-state index in [1.54, 1.807) is 20.2 Å². The summed E-state index contributed by atoms with van der Waals surface area (Å²) in [6.45, 7) is 1.19. The topological polar surface area (TPSA) is 58.6 Å². The van der Waals surface area contributed by atoms with E-state index in [2.05, 4.69) is 37.2 Å². The molecule has 20 heavy (non-hydrogen) atoms. The number of likely N-dealkylation sites (N-methyl/N-ethyl adjacent to an activating group) is 1. The smallest absolute Gasteiger partial charge is 0.264 e. The second-order valence-corrected chi connectivity index (χ2v) is 7.31. The summed E-state index contributed by atoms with van der Waals surface area (Å²) in [5.74, 6) is -0.347. The molecule has 0 saturated carbocycles. The van der Waals surface area contributed by atoms with Gasteiger partial charge in [0.2, 0.25) is 5.91 Å². The molecule has 2 amide bonds. The molecule has 1 rings (SSSR count). The van der Waals surface area contributed by atoms with Gasteiger partial charge in [0.15, 0.2) is 0 Å². The van der Waals surface area contributed by atoms with Crippen LogP contribution in [0.3, 0.4) is 0 Å². The first kappa shape index (κ1) is 17.6. The van der Waals surface area contributed by atoms with Gasteiger partial charge in [-0.05, 0) is 44.3 Å². The molecule has 0 aliphatic heterocycles. The van der Waals surface area contributed by atoms with E-state index in [4.69, 9.17) is 4.74 Å². The van der Waals surface area contributed by atoms with Crippen molar-refractivity contribution in [1.82, 2.24) is 10.2 Å². The van der Waals surface area contributed by atoms with Crippen LogP contribution in [0.5, 0.6) is 0 Å². The lowest BCUT2D eigenvalue weighted by Crippen LogP contribution is -2.38. The van der Waals surface area contributed by atoms with Crippen LogP contribution < -0.4 is 5.32 Å². The van der Waals surface area contributed by atoms with Gasteiger partial charge >= 0.3 is 0 Å². The van der Waals surface area contributed by atoms with E-state index >= 15 is 0 Å². The number of halogens is 2. The fourth-order valence-corrected chi connectivity index (χ4v) is 3.46. The van der Waals surface area contributed by atoms with Crippen LogP contribution in [0.2, 0.25) is 0 Å². The molecule has 1 heterocycles. The fraction of sp³-hybridized carbons (Fsp3) is 0.500. The molecule has 0 unspecified atom stereocenters. The summed E-state index contributed by atoms with van der Waals surface area (Å²) in [4.78, 5) is 25.8. The average molecular weight is 428 g/mol.